The van der Waals surface area contributed by atoms with Crippen LogP contribution < -0.4 is 0 Å². The van der Waals surface area contributed by atoms with E-state index in [1.807, 2.05) is 12.1 Å². The van der Waals surface area contributed by atoms with Crippen LogP contribution in [0.5, 0.6) is 0 Å². The molecule has 20 heavy (non-hydrogen) atoms. The van der Waals surface area contributed by atoms with E-state index in [0.717, 1.165) is 51.0 Å². The van der Waals surface area contributed by atoms with Crippen molar-refractivity contribution in [3.05, 3.63) is 35.4 Å². The molecular weight excluding hydrogens is 248 g/mol. The second-order valence-electron chi connectivity index (χ2n) is 5.80. The van der Waals surface area contributed by atoms with Crippen molar-refractivity contribution in [2.24, 2.45) is 0 Å². The first-order valence-electron chi connectivity index (χ1n) is 7.72. The van der Waals surface area contributed by atoms with E-state index in [0.29, 0.717) is 6.54 Å². The fourth-order valence-corrected chi connectivity index (χ4v) is 2.70. The smallest absolute Gasteiger partial charge is 0.176 e. The molecule has 0 atom stereocenters. The van der Waals surface area contributed by atoms with Gasteiger partial charge in [-0.2, -0.15) is 0 Å². The van der Waals surface area contributed by atoms with E-state index >= 15 is 0 Å². The summed E-state index contributed by atoms with van der Waals surface area (Å²) in [5, 5.41) is 0. The lowest BCUT2D eigenvalue weighted by Crippen LogP contribution is -2.33. The number of ketones is 1. The van der Waals surface area contributed by atoms with Crippen LogP contribution in [0, 0.1) is 0 Å². The SMILES string of the molecule is CCCc1ccc(C(=O)CN2CCCN(C)CC2)cc1. The molecule has 0 N–H and O–H groups in total. The van der Waals surface area contributed by atoms with Crippen molar-refractivity contribution in [2.75, 3.05) is 39.8 Å². The van der Waals surface area contributed by atoms with E-state index < -0.39 is 0 Å². The highest BCUT2D eigenvalue weighted by atomic mass is 16.1. The lowest BCUT2D eigenvalue weighted by Gasteiger charge is -2.19. The van der Waals surface area contributed by atoms with Gasteiger partial charge in [0, 0.05) is 18.7 Å². The van der Waals surface area contributed by atoms with Crippen molar-refractivity contribution in [3.8, 4) is 0 Å². The monoisotopic (exact) mass is 274 g/mol. The fourth-order valence-electron chi connectivity index (χ4n) is 2.70. The topological polar surface area (TPSA) is 23.6 Å². The summed E-state index contributed by atoms with van der Waals surface area (Å²) in [6.45, 7) is 6.95. The van der Waals surface area contributed by atoms with Gasteiger partial charge in [-0.25, -0.2) is 0 Å². The molecule has 3 nitrogen and oxygen atoms in total. The molecule has 110 valence electrons. The third kappa shape index (κ3) is 4.43. The number of hydrogen-bond donors (Lipinski definition) is 0. The van der Waals surface area contributed by atoms with Gasteiger partial charge in [-0.05, 0) is 38.5 Å². The first kappa shape index (κ1) is 15.2. The zero-order valence-electron chi connectivity index (χ0n) is 12.8. The van der Waals surface area contributed by atoms with Gasteiger partial charge in [0.15, 0.2) is 5.78 Å². The molecule has 2 rings (SSSR count). The van der Waals surface area contributed by atoms with Crippen LogP contribution in [-0.4, -0.2) is 55.4 Å². The first-order chi connectivity index (χ1) is 9.69. The summed E-state index contributed by atoms with van der Waals surface area (Å²) in [4.78, 5) is 16.9. The molecule has 0 bridgehead atoms. The summed E-state index contributed by atoms with van der Waals surface area (Å²) in [5.74, 6) is 0.248. The lowest BCUT2D eigenvalue weighted by molar-refractivity contribution is 0.0933. The zero-order valence-corrected chi connectivity index (χ0v) is 12.8. The molecule has 0 spiro atoms. The van der Waals surface area contributed by atoms with Crippen molar-refractivity contribution in [2.45, 2.75) is 26.2 Å². The standard InChI is InChI=1S/C17H26N2O/c1-3-5-15-6-8-16(9-7-15)17(20)14-19-11-4-10-18(2)12-13-19/h6-9H,3-5,10-14H2,1-2H3. The van der Waals surface area contributed by atoms with Crippen molar-refractivity contribution >= 4 is 5.78 Å². The third-order valence-corrected chi connectivity index (χ3v) is 3.99. The Labute approximate surface area is 122 Å². The van der Waals surface area contributed by atoms with E-state index in [1.54, 1.807) is 0 Å². The highest BCUT2D eigenvalue weighted by molar-refractivity contribution is 5.97. The van der Waals surface area contributed by atoms with Gasteiger partial charge in [0.1, 0.15) is 0 Å². The predicted molar refractivity (Wildman–Crippen MR) is 83.3 cm³/mol. The molecule has 0 aromatic heterocycles. The molecule has 1 saturated heterocycles. The largest absolute Gasteiger partial charge is 0.305 e. The highest BCUT2D eigenvalue weighted by Gasteiger charge is 2.15. The Hall–Kier alpha value is -1.19. The number of hydrogen-bond acceptors (Lipinski definition) is 3. The molecule has 1 fully saturated rings. The molecule has 1 aromatic rings. The molecular formula is C17H26N2O. The molecule has 0 aliphatic carbocycles. The van der Waals surface area contributed by atoms with Crippen molar-refractivity contribution in [1.82, 2.24) is 9.80 Å². The minimum atomic E-state index is 0.248. The summed E-state index contributed by atoms with van der Waals surface area (Å²) in [7, 11) is 2.15. The number of Topliss-reactive ketones (excluding diaryl/α,β-unsaturated/α-hetero) is 1. The number of carbonyl (C=O) groups excluding carboxylic acids is 1. The average molecular weight is 274 g/mol. The minimum Gasteiger partial charge on any atom is -0.305 e. The van der Waals surface area contributed by atoms with Gasteiger partial charge in [0.2, 0.25) is 0 Å². The molecule has 3 heteroatoms. The number of carbonyl (C=O) groups is 1. The Kier molecular flexibility index (Phi) is 5.74. The summed E-state index contributed by atoms with van der Waals surface area (Å²) in [6, 6.07) is 8.15. The van der Waals surface area contributed by atoms with E-state index in [-0.39, 0.29) is 5.78 Å². The number of aryl methyl sites for hydroxylation is 1. The molecule has 1 aromatic carbocycles. The van der Waals surface area contributed by atoms with Crippen molar-refractivity contribution in [1.29, 1.82) is 0 Å². The fraction of sp³-hybridized carbons (Fsp3) is 0.588. The molecule has 1 aliphatic heterocycles. The van der Waals surface area contributed by atoms with Crippen LogP contribution >= 0.6 is 0 Å². The third-order valence-electron chi connectivity index (χ3n) is 3.99. The molecule has 1 heterocycles. The van der Waals surface area contributed by atoms with Gasteiger partial charge in [0.05, 0.1) is 6.54 Å². The Balaban J connectivity index is 1.90. The van der Waals surface area contributed by atoms with Crippen LogP contribution in [0.4, 0.5) is 0 Å². The van der Waals surface area contributed by atoms with Crippen LogP contribution in [0.1, 0.15) is 35.7 Å². The van der Waals surface area contributed by atoms with E-state index in [4.69, 9.17) is 0 Å². The van der Waals surface area contributed by atoms with E-state index in [9.17, 15) is 4.79 Å². The maximum absolute atomic E-state index is 12.3. The molecule has 0 radical (unpaired) electrons. The van der Waals surface area contributed by atoms with Gasteiger partial charge in [-0.1, -0.05) is 37.6 Å². The Morgan fingerprint density at radius 2 is 1.85 bits per heavy atom. The van der Waals surface area contributed by atoms with E-state index in [2.05, 4.69) is 35.9 Å². The van der Waals surface area contributed by atoms with Crippen LogP contribution in [0.25, 0.3) is 0 Å². The second kappa shape index (κ2) is 7.55. The average Bonchev–Trinajstić information content (AvgIpc) is 2.65. The van der Waals surface area contributed by atoms with Gasteiger partial charge < -0.3 is 4.90 Å². The second-order valence-corrected chi connectivity index (χ2v) is 5.80. The Bertz CT molecular complexity index is 427. The predicted octanol–water partition coefficient (Wildman–Crippen LogP) is 2.46. The quantitative estimate of drug-likeness (QED) is 0.771. The number of nitrogens with zero attached hydrogens (tertiary/aromatic N) is 2. The van der Waals surface area contributed by atoms with Gasteiger partial charge in [-0.3, -0.25) is 9.69 Å². The summed E-state index contributed by atoms with van der Waals surface area (Å²) in [5.41, 5.74) is 2.17. The maximum Gasteiger partial charge on any atom is 0.176 e. The van der Waals surface area contributed by atoms with Crippen LogP contribution in [0.15, 0.2) is 24.3 Å². The van der Waals surface area contributed by atoms with Gasteiger partial charge >= 0.3 is 0 Å². The number of likely N-dealkylation sites (N-methyl/N-ethyl adjacent to an activating group) is 1. The highest BCUT2D eigenvalue weighted by Crippen LogP contribution is 2.09. The molecule has 0 saturated carbocycles. The van der Waals surface area contributed by atoms with Crippen LogP contribution in [0.3, 0.4) is 0 Å². The number of rotatable bonds is 5. The normalized spacial score (nSPS) is 17.9. The van der Waals surface area contributed by atoms with E-state index in [1.165, 1.54) is 5.56 Å². The number of benzene rings is 1. The maximum atomic E-state index is 12.3. The summed E-state index contributed by atoms with van der Waals surface area (Å²) >= 11 is 0. The van der Waals surface area contributed by atoms with Crippen molar-refractivity contribution < 1.29 is 4.79 Å². The Morgan fingerprint density at radius 1 is 1.10 bits per heavy atom. The van der Waals surface area contributed by atoms with Crippen molar-refractivity contribution in [3.63, 3.8) is 0 Å². The summed E-state index contributed by atoms with van der Waals surface area (Å²) in [6.07, 6.45) is 3.39. The molecule has 0 unspecified atom stereocenters. The lowest BCUT2D eigenvalue weighted by atomic mass is 10.1. The minimum absolute atomic E-state index is 0.248. The summed E-state index contributed by atoms with van der Waals surface area (Å²) < 4.78 is 0. The zero-order chi connectivity index (χ0) is 14.4. The first-order valence-corrected chi connectivity index (χ1v) is 7.72. The van der Waals surface area contributed by atoms with Gasteiger partial charge in [0.25, 0.3) is 0 Å². The van der Waals surface area contributed by atoms with Crippen LogP contribution in [0.2, 0.25) is 0 Å². The van der Waals surface area contributed by atoms with Crippen LogP contribution in [-0.2, 0) is 6.42 Å². The molecule has 0 amide bonds. The molecule has 1 aliphatic rings. The Morgan fingerprint density at radius 3 is 2.55 bits per heavy atom. The van der Waals surface area contributed by atoms with Gasteiger partial charge in [-0.15, -0.1) is 0 Å².